The maximum atomic E-state index is 13.0. The third-order valence-electron chi connectivity index (χ3n) is 2.76. The van der Waals surface area contributed by atoms with Crippen molar-refractivity contribution in [1.82, 2.24) is 0 Å². The number of hydrogen-bond donors (Lipinski definition) is 1. The minimum Gasteiger partial charge on any atom is -0.326 e. The monoisotopic (exact) mass is 223 g/mol. The standard InChI is InChI=1S/C14H22FN/c1-11-10-12(7-8-13(11)15)6-4-5-9-14(2,3)16/h7-8,10H,4-6,9,16H2,1-3H3. The summed E-state index contributed by atoms with van der Waals surface area (Å²) in [6, 6.07) is 5.36. The van der Waals surface area contributed by atoms with Gasteiger partial charge in [-0.25, -0.2) is 4.39 Å². The van der Waals surface area contributed by atoms with Gasteiger partial charge in [0.05, 0.1) is 0 Å². The smallest absolute Gasteiger partial charge is 0.126 e. The molecule has 0 fully saturated rings. The average Bonchev–Trinajstić information content (AvgIpc) is 2.17. The third kappa shape index (κ3) is 4.75. The molecule has 0 saturated heterocycles. The van der Waals surface area contributed by atoms with Gasteiger partial charge >= 0.3 is 0 Å². The molecule has 0 saturated carbocycles. The molecule has 0 unspecified atom stereocenters. The minimum atomic E-state index is -0.119. The van der Waals surface area contributed by atoms with Gasteiger partial charge in [-0.2, -0.15) is 0 Å². The van der Waals surface area contributed by atoms with Crippen molar-refractivity contribution in [1.29, 1.82) is 0 Å². The molecule has 1 aromatic rings. The Morgan fingerprint density at radius 3 is 2.50 bits per heavy atom. The number of halogens is 1. The number of hydrogen-bond acceptors (Lipinski definition) is 1. The van der Waals surface area contributed by atoms with E-state index in [-0.39, 0.29) is 11.4 Å². The van der Waals surface area contributed by atoms with Crippen molar-refractivity contribution in [3.8, 4) is 0 Å². The van der Waals surface area contributed by atoms with E-state index in [0.717, 1.165) is 31.2 Å². The Balaban J connectivity index is 2.35. The van der Waals surface area contributed by atoms with Crippen molar-refractivity contribution in [2.45, 2.75) is 52.0 Å². The van der Waals surface area contributed by atoms with Crippen LogP contribution in [0.3, 0.4) is 0 Å². The van der Waals surface area contributed by atoms with Gasteiger partial charge in [0.25, 0.3) is 0 Å². The van der Waals surface area contributed by atoms with E-state index in [1.54, 1.807) is 6.07 Å². The van der Waals surface area contributed by atoms with Crippen molar-refractivity contribution in [3.63, 3.8) is 0 Å². The van der Waals surface area contributed by atoms with Crippen LogP contribution in [0.1, 0.15) is 44.2 Å². The van der Waals surface area contributed by atoms with Crippen molar-refractivity contribution in [3.05, 3.63) is 35.1 Å². The predicted octanol–water partition coefficient (Wildman–Crippen LogP) is 3.58. The van der Waals surface area contributed by atoms with Crippen molar-refractivity contribution in [2.24, 2.45) is 5.73 Å². The summed E-state index contributed by atoms with van der Waals surface area (Å²) in [5.41, 5.74) is 7.79. The van der Waals surface area contributed by atoms with E-state index in [1.807, 2.05) is 19.1 Å². The zero-order valence-corrected chi connectivity index (χ0v) is 10.5. The fourth-order valence-electron chi connectivity index (χ4n) is 1.77. The molecule has 2 N–H and O–H groups in total. The highest BCUT2D eigenvalue weighted by Crippen LogP contribution is 2.14. The van der Waals surface area contributed by atoms with Crippen LogP contribution in [0.25, 0.3) is 0 Å². The molecule has 16 heavy (non-hydrogen) atoms. The number of benzene rings is 1. The van der Waals surface area contributed by atoms with E-state index >= 15 is 0 Å². The van der Waals surface area contributed by atoms with Gasteiger partial charge in [0, 0.05) is 5.54 Å². The summed E-state index contributed by atoms with van der Waals surface area (Å²) < 4.78 is 13.0. The number of rotatable bonds is 5. The first-order valence-corrected chi connectivity index (χ1v) is 5.92. The highest BCUT2D eigenvalue weighted by molar-refractivity contribution is 5.23. The fraction of sp³-hybridized carbons (Fsp3) is 0.571. The molecule has 0 atom stereocenters. The SMILES string of the molecule is Cc1cc(CCCCC(C)(C)N)ccc1F. The van der Waals surface area contributed by atoms with E-state index in [1.165, 1.54) is 5.56 Å². The van der Waals surface area contributed by atoms with Crippen LogP contribution in [-0.2, 0) is 6.42 Å². The Kier molecular flexibility index (Phi) is 4.48. The van der Waals surface area contributed by atoms with Gasteiger partial charge in [0.2, 0.25) is 0 Å². The normalized spacial score (nSPS) is 11.8. The lowest BCUT2D eigenvalue weighted by atomic mass is 9.96. The van der Waals surface area contributed by atoms with E-state index in [9.17, 15) is 4.39 Å². The topological polar surface area (TPSA) is 26.0 Å². The van der Waals surface area contributed by atoms with Crippen molar-refractivity contribution < 1.29 is 4.39 Å². The number of aryl methyl sites for hydroxylation is 2. The van der Waals surface area contributed by atoms with Crippen molar-refractivity contribution in [2.75, 3.05) is 0 Å². The molecule has 2 heteroatoms. The second-order valence-corrected chi connectivity index (χ2v) is 5.28. The van der Waals surface area contributed by atoms with Gasteiger partial charge in [-0.1, -0.05) is 18.6 Å². The maximum absolute atomic E-state index is 13.0. The summed E-state index contributed by atoms with van der Waals surface area (Å²) in [6.07, 6.45) is 4.29. The fourth-order valence-corrected chi connectivity index (χ4v) is 1.77. The lowest BCUT2D eigenvalue weighted by Crippen LogP contribution is -2.31. The van der Waals surface area contributed by atoms with Crippen LogP contribution in [0, 0.1) is 12.7 Å². The Hall–Kier alpha value is -0.890. The molecular weight excluding hydrogens is 201 g/mol. The van der Waals surface area contributed by atoms with Gasteiger partial charge in [-0.3, -0.25) is 0 Å². The molecule has 1 aromatic carbocycles. The van der Waals surface area contributed by atoms with Gasteiger partial charge in [-0.15, -0.1) is 0 Å². The minimum absolute atomic E-state index is 0.0707. The highest BCUT2D eigenvalue weighted by Gasteiger charge is 2.09. The summed E-state index contributed by atoms with van der Waals surface area (Å²) >= 11 is 0. The Labute approximate surface area is 97.9 Å². The highest BCUT2D eigenvalue weighted by atomic mass is 19.1. The molecule has 0 heterocycles. The second kappa shape index (κ2) is 5.44. The first kappa shape index (κ1) is 13.2. The second-order valence-electron chi connectivity index (χ2n) is 5.28. The average molecular weight is 223 g/mol. The van der Waals surface area contributed by atoms with E-state index in [0.29, 0.717) is 0 Å². The first-order chi connectivity index (χ1) is 7.38. The van der Waals surface area contributed by atoms with Crippen LogP contribution in [-0.4, -0.2) is 5.54 Å². The lowest BCUT2D eigenvalue weighted by molar-refractivity contribution is 0.450. The van der Waals surface area contributed by atoms with E-state index in [4.69, 9.17) is 5.73 Å². The molecule has 90 valence electrons. The number of nitrogens with two attached hydrogens (primary N) is 1. The van der Waals surface area contributed by atoms with Gasteiger partial charge < -0.3 is 5.73 Å². The predicted molar refractivity (Wildman–Crippen MR) is 67.0 cm³/mol. The van der Waals surface area contributed by atoms with Crippen LogP contribution in [0.5, 0.6) is 0 Å². The maximum Gasteiger partial charge on any atom is 0.126 e. The molecule has 0 aromatic heterocycles. The van der Waals surface area contributed by atoms with Gasteiger partial charge in [0.15, 0.2) is 0 Å². The third-order valence-corrected chi connectivity index (χ3v) is 2.76. The van der Waals surface area contributed by atoms with Gasteiger partial charge in [-0.05, 0) is 57.2 Å². The Morgan fingerprint density at radius 1 is 1.25 bits per heavy atom. The molecule has 1 nitrogen and oxygen atoms in total. The summed E-state index contributed by atoms with van der Waals surface area (Å²) in [5.74, 6) is -0.119. The van der Waals surface area contributed by atoms with Crippen LogP contribution in [0.2, 0.25) is 0 Å². The van der Waals surface area contributed by atoms with Gasteiger partial charge in [0.1, 0.15) is 5.82 Å². The summed E-state index contributed by atoms with van der Waals surface area (Å²) in [4.78, 5) is 0. The van der Waals surface area contributed by atoms with Crippen LogP contribution in [0.15, 0.2) is 18.2 Å². The molecule has 0 amide bonds. The summed E-state index contributed by atoms with van der Waals surface area (Å²) in [6.45, 7) is 5.91. The van der Waals surface area contributed by atoms with Crippen LogP contribution < -0.4 is 5.73 Å². The molecular formula is C14H22FN. The molecule has 1 rings (SSSR count). The Morgan fingerprint density at radius 2 is 1.94 bits per heavy atom. The lowest BCUT2D eigenvalue weighted by Gasteiger charge is -2.17. The molecule has 0 aliphatic rings. The van der Waals surface area contributed by atoms with Crippen molar-refractivity contribution >= 4 is 0 Å². The summed E-state index contributed by atoms with van der Waals surface area (Å²) in [7, 11) is 0. The quantitative estimate of drug-likeness (QED) is 0.758. The first-order valence-electron chi connectivity index (χ1n) is 5.92. The summed E-state index contributed by atoms with van der Waals surface area (Å²) in [5, 5.41) is 0. The van der Waals surface area contributed by atoms with Crippen LogP contribution >= 0.6 is 0 Å². The molecule has 0 aliphatic carbocycles. The van der Waals surface area contributed by atoms with E-state index in [2.05, 4.69) is 13.8 Å². The van der Waals surface area contributed by atoms with E-state index < -0.39 is 0 Å². The molecule has 0 radical (unpaired) electrons. The largest absolute Gasteiger partial charge is 0.326 e. The zero-order valence-electron chi connectivity index (χ0n) is 10.5. The van der Waals surface area contributed by atoms with Crippen LogP contribution in [0.4, 0.5) is 4.39 Å². The zero-order chi connectivity index (χ0) is 12.2. The molecule has 0 aliphatic heterocycles. The number of unbranched alkanes of at least 4 members (excludes halogenated alkanes) is 1. The molecule has 0 bridgehead atoms. The Bertz CT molecular complexity index is 339. The molecule has 0 spiro atoms.